The molecule has 21 heavy (non-hydrogen) atoms. The molecule has 1 atom stereocenters. The van der Waals surface area contributed by atoms with Gasteiger partial charge < -0.3 is 10.2 Å². The second kappa shape index (κ2) is 7.20. The fraction of sp³-hybridized carbons (Fsp3) is 0.250. The van der Waals surface area contributed by atoms with Crippen LogP contribution in [0.2, 0.25) is 5.15 Å². The number of aromatic nitrogens is 1. The van der Waals surface area contributed by atoms with E-state index in [1.807, 2.05) is 49.3 Å². The van der Waals surface area contributed by atoms with E-state index in [2.05, 4.69) is 10.3 Å². The Hall–Kier alpha value is -1.91. The van der Waals surface area contributed by atoms with Crippen molar-refractivity contribution in [3.63, 3.8) is 0 Å². The molecule has 0 bridgehead atoms. The molecule has 2 rings (SSSR count). The van der Waals surface area contributed by atoms with Crippen LogP contribution in [0.3, 0.4) is 0 Å². The van der Waals surface area contributed by atoms with Crippen LogP contribution >= 0.6 is 11.6 Å². The first-order valence-corrected chi connectivity index (χ1v) is 7.07. The highest BCUT2D eigenvalue weighted by molar-refractivity contribution is 6.32. The van der Waals surface area contributed by atoms with Crippen molar-refractivity contribution in [1.82, 2.24) is 15.2 Å². The van der Waals surface area contributed by atoms with Crippen molar-refractivity contribution in [1.29, 1.82) is 0 Å². The summed E-state index contributed by atoms with van der Waals surface area (Å²) in [6, 6.07) is 13.1. The highest BCUT2D eigenvalue weighted by Gasteiger charge is 2.18. The Bertz CT molecular complexity index is 601. The van der Waals surface area contributed by atoms with E-state index < -0.39 is 0 Å². The number of pyridine rings is 1. The molecule has 5 heteroatoms. The summed E-state index contributed by atoms with van der Waals surface area (Å²) in [5, 5.41) is 3.23. The van der Waals surface area contributed by atoms with Crippen molar-refractivity contribution in [2.45, 2.75) is 6.04 Å². The predicted octanol–water partition coefficient (Wildman–Crippen LogP) is 2.77. The number of likely N-dealkylation sites (N-methyl/N-ethyl adjacent to an activating group) is 1. The van der Waals surface area contributed by atoms with Gasteiger partial charge in [0.15, 0.2) is 0 Å². The molecule has 0 aliphatic rings. The van der Waals surface area contributed by atoms with E-state index in [4.69, 9.17) is 11.6 Å². The average molecular weight is 304 g/mol. The molecule has 1 unspecified atom stereocenters. The van der Waals surface area contributed by atoms with Gasteiger partial charge in [0, 0.05) is 12.7 Å². The zero-order chi connectivity index (χ0) is 15.2. The van der Waals surface area contributed by atoms with Gasteiger partial charge in [-0.3, -0.25) is 4.79 Å². The number of hydrogen-bond acceptors (Lipinski definition) is 3. The number of rotatable bonds is 5. The van der Waals surface area contributed by atoms with Crippen molar-refractivity contribution in [3.05, 3.63) is 64.9 Å². The minimum absolute atomic E-state index is 0.107. The van der Waals surface area contributed by atoms with Gasteiger partial charge in [0.1, 0.15) is 5.15 Å². The summed E-state index contributed by atoms with van der Waals surface area (Å²) in [5.74, 6) is -0.219. The topological polar surface area (TPSA) is 45.2 Å². The third-order valence-electron chi connectivity index (χ3n) is 3.06. The van der Waals surface area contributed by atoms with Crippen LogP contribution in [0.4, 0.5) is 0 Å². The van der Waals surface area contributed by atoms with Crippen molar-refractivity contribution in [2.24, 2.45) is 0 Å². The number of amides is 1. The van der Waals surface area contributed by atoms with Gasteiger partial charge in [-0.1, -0.05) is 41.9 Å². The summed E-state index contributed by atoms with van der Waals surface area (Å²) in [7, 11) is 3.94. The van der Waals surface area contributed by atoms with Crippen LogP contribution in [0, 0.1) is 0 Å². The molecule has 4 nitrogen and oxygen atoms in total. The fourth-order valence-electron chi connectivity index (χ4n) is 2.08. The van der Waals surface area contributed by atoms with Crippen LogP contribution < -0.4 is 5.32 Å². The molecule has 0 saturated carbocycles. The molecule has 1 amide bonds. The van der Waals surface area contributed by atoms with Crippen LogP contribution in [-0.4, -0.2) is 36.4 Å². The fourth-order valence-corrected chi connectivity index (χ4v) is 2.28. The molecule has 0 radical (unpaired) electrons. The van der Waals surface area contributed by atoms with Gasteiger partial charge in [0.2, 0.25) is 0 Å². The van der Waals surface area contributed by atoms with Crippen LogP contribution in [-0.2, 0) is 0 Å². The molecule has 0 aliphatic carbocycles. The summed E-state index contributed by atoms with van der Waals surface area (Å²) >= 11 is 5.97. The molecule has 110 valence electrons. The maximum Gasteiger partial charge on any atom is 0.254 e. The Morgan fingerprint density at radius 3 is 2.57 bits per heavy atom. The minimum Gasteiger partial charge on any atom is -0.344 e. The molecule has 1 heterocycles. The molecule has 0 fully saturated rings. The second-order valence-electron chi connectivity index (χ2n) is 5.04. The summed E-state index contributed by atoms with van der Waals surface area (Å²) in [5.41, 5.74) is 1.44. The van der Waals surface area contributed by atoms with Gasteiger partial charge >= 0.3 is 0 Å². The van der Waals surface area contributed by atoms with E-state index >= 15 is 0 Å². The minimum atomic E-state index is -0.219. The van der Waals surface area contributed by atoms with E-state index in [1.165, 1.54) is 0 Å². The Balaban J connectivity index is 2.19. The Labute approximate surface area is 129 Å². The third-order valence-corrected chi connectivity index (χ3v) is 3.36. The first-order chi connectivity index (χ1) is 10.1. The molecule has 1 N–H and O–H groups in total. The highest BCUT2D eigenvalue weighted by Crippen LogP contribution is 2.16. The molecule has 1 aromatic heterocycles. The first-order valence-electron chi connectivity index (χ1n) is 6.69. The summed E-state index contributed by atoms with van der Waals surface area (Å²) in [6.07, 6.45) is 1.56. The molecular weight excluding hydrogens is 286 g/mol. The molecule has 0 spiro atoms. The summed E-state index contributed by atoms with van der Waals surface area (Å²) in [6.45, 7) is 0.702. The number of carbonyl (C=O) groups is 1. The van der Waals surface area contributed by atoms with Crippen LogP contribution in [0.1, 0.15) is 22.0 Å². The Morgan fingerprint density at radius 2 is 1.95 bits per heavy atom. The summed E-state index contributed by atoms with van der Waals surface area (Å²) < 4.78 is 0. The average Bonchev–Trinajstić information content (AvgIpc) is 2.47. The number of hydrogen-bond donors (Lipinski definition) is 1. The van der Waals surface area contributed by atoms with Gasteiger partial charge in [0.25, 0.3) is 5.91 Å². The van der Waals surface area contributed by atoms with Crippen LogP contribution in [0.5, 0.6) is 0 Å². The lowest BCUT2D eigenvalue weighted by molar-refractivity contribution is 0.0929. The highest BCUT2D eigenvalue weighted by atomic mass is 35.5. The Kier molecular flexibility index (Phi) is 5.31. The third kappa shape index (κ3) is 4.28. The largest absolute Gasteiger partial charge is 0.344 e. The monoisotopic (exact) mass is 303 g/mol. The standard InChI is InChI=1S/C16H18ClN3O/c1-20(2)11-14(12-7-4-3-5-8-12)19-16(21)13-9-6-10-18-15(13)17/h3-10,14H,11H2,1-2H3,(H,19,21). The van der Waals surface area contributed by atoms with Gasteiger partial charge in [-0.15, -0.1) is 0 Å². The maximum absolute atomic E-state index is 12.4. The lowest BCUT2D eigenvalue weighted by Crippen LogP contribution is -2.35. The number of nitrogens with one attached hydrogen (secondary N) is 1. The van der Waals surface area contributed by atoms with Crippen molar-refractivity contribution < 1.29 is 4.79 Å². The number of nitrogens with zero attached hydrogens (tertiary/aromatic N) is 2. The Morgan fingerprint density at radius 1 is 1.24 bits per heavy atom. The summed E-state index contributed by atoms with van der Waals surface area (Å²) in [4.78, 5) is 18.3. The first kappa shape index (κ1) is 15.5. The predicted molar refractivity (Wildman–Crippen MR) is 84.5 cm³/mol. The van der Waals surface area contributed by atoms with E-state index in [-0.39, 0.29) is 17.1 Å². The zero-order valence-corrected chi connectivity index (χ0v) is 12.8. The smallest absolute Gasteiger partial charge is 0.254 e. The maximum atomic E-state index is 12.4. The SMILES string of the molecule is CN(C)CC(NC(=O)c1cccnc1Cl)c1ccccc1. The molecule has 1 aromatic carbocycles. The van der Waals surface area contributed by atoms with Gasteiger partial charge in [-0.05, 0) is 31.8 Å². The number of halogens is 1. The molecular formula is C16H18ClN3O. The molecule has 0 aliphatic heterocycles. The van der Waals surface area contributed by atoms with Crippen LogP contribution in [0.25, 0.3) is 0 Å². The van der Waals surface area contributed by atoms with Crippen molar-refractivity contribution in [3.8, 4) is 0 Å². The van der Waals surface area contributed by atoms with Gasteiger partial charge in [-0.25, -0.2) is 4.98 Å². The zero-order valence-electron chi connectivity index (χ0n) is 12.1. The van der Waals surface area contributed by atoms with Crippen molar-refractivity contribution >= 4 is 17.5 Å². The normalized spacial score (nSPS) is 12.2. The van der Waals surface area contributed by atoms with Crippen LogP contribution in [0.15, 0.2) is 48.7 Å². The number of carbonyl (C=O) groups excluding carboxylic acids is 1. The molecule has 0 saturated heterocycles. The van der Waals surface area contributed by atoms with E-state index in [0.717, 1.165) is 5.56 Å². The van der Waals surface area contributed by atoms with E-state index in [0.29, 0.717) is 12.1 Å². The van der Waals surface area contributed by atoms with E-state index in [1.54, 1.807) is 18.3 Å². The molecule has 2 aromatic rings. The number of benzene rings is 1. The van der Waals surface area contributed by atoms with E-state index in [9.17, 15) is 4.79 Å². The van der Waals surface area contributed by atoms with Gasteiger partial charge in [-0.2, -0.15) is 0 Å². The second-order valence-corrected chi connectivity index (χ2v) is 5.40. The van der Waals surface area contributed by atoms with Crippen molar-refractivity contribution in [2.75, 3.05) is 20.6 Å². The lowest BCUT2D eigenvalue weighted by Gasteiger charge is -2.23. The van der Waals surface area contributed by atoms with Gasteiger partial charge in [0.05, 0.1) is 11.6 Å². The lowest BCUT2D eigenvalue weighted by atomic mass is 10.1. The quantitative estimate of drug-likeness (QED) is 0.864.